The number of benzene rings is 2. The summed E-state index contributed by atoms with van der Waals surface area (Å²) >= 11 is 9.34. The highest BCUT2D eigenvalue weighted by atomic mass is 79.9. The SMILES string of the molecule is Cn1c(C(=O)Nc2cc(Cl)ccc2OCC(F)(F)F)c(Br)c2ccccc21. The summed E-state index contributed by atoms with van der Waals surface area (Å²) in [6, 6.07) is 11.4. The van der Waals surface area contributed by atoms with Gasteiger partial charge in [-0.15, -0.1) is 0 Å². The maximum Gasteiger partial charge on any atom is 0.422 e. The molecule has 0 aliphatic rings. The van der Waals surface area contributed by atoms with Gasteiger partial charge < -0.3 is 14.6 Å². The Morgan fingerprint density at radius 3 is 2.63 bits per heavy atom. The third kappa shape index (κ3) is 4.22. The Kier molecular flexibility index (Phi) is 5.39. The number of ether oxygens (including phenoxy) is 1. The summed E-state index contributed by atoms with van der Waals surface area (Å²) in [7, 11) is 1.72. The molecule has 0 atom stereocenters. The lowest BCUT2D eigenvalue weighted by Gasteiger charge is -2.14. The summed E-state index contributed by atoms with van der Waals surface area (Å²) < 4.78 is 44.4. The fraction of sp³-hybridized carbons (Fsp3) is 0.167. The largest absolute Gasteiger partial charge is 0.482 e. The summed E-state index contributed by atoms with van der Waals surface area (Å²) in [5.41, 5.74) is 1.20. The molecular formula is C18H13BrClF3N2O2. The van der Waals surface area contributed by atoms with E-state index in [9.17, 15) is 18.0 Å². The van der Waals surface area contributed by atoms with Crippen molar-refractivity contribution >= 4 is 50.0 Å². The third-order valence-electron chi connectivity index (χ3n) is 3.84. The number of carbonyl (C=O) groups is 1. The molecule has 0 fully saturated rings. The number of aryl methyl sites for hydroxylation is 1. The maximum atomic E-state index is 12.8. The fourth-order valence-electron chi connectivity index (χ4n) is 2.67. The van der Waals surface area contributed by atoms with Gasteiger partial charge in [0.2, 0.25) is 0 Å². The lowest BCUT2D eigenvalue weighted by atomic mass is 10.2. The zero-order chi connectivity index (χ0) is 19.8. The number of hydrogen-bond donors (Lipinski definition) is 1. The highest BCUT2D eigenvalue weighted by Gasteiger charge is 2.29. The van der Waals surface area contributed by atoms with Crippen molar-refractivity contribution in [1.29, 1.82) is 0 Å². The maximum absolute atomic E-state index is 12.8. The van der Waals surface area contributed by atoms with E-state index in [1.807, 2.05) is 24.3 Å². The Labute approximate surface area is 166 Å². The van der Waals surface area contributed by atoms with Crippen molar-refractivity contribution < 1.29 is 22.7 Å². The number of rotatable bonds is 4. The second kappa shape index (κ2) is 7.44. The molecule has 0 bridgehead atoms. The average molecular weight is 462 g/mol. The summed E-state index contributed by atoms with van der Waals surface area (Å²) in [6.07, 6.45) is -4.50. The fourth-order valence-corrected chi connectivity index (χ4v) is 3.62. The lowest BCUT2D eigenvalue weighted by molar-refractivity contribution is -0.153. The Morgan fingerprint density at radius 2 is 1.96 bits per heavy atom. The van der Waals surface area contributed by atoms with Crippen LogP contribution < -0.4 is 10.1 Å². The van der Waals surface area contributed by atoms with Crippen molar-refractivity contribution in [2.45, 2.75) is 6.18 Å². The molecule has 3 aromatic rings. The van der Waals surface area contributed by atoms with E-state index in [1.165, 1.54) is 18.2 Å². The van der Waals surface area contributed by atoms with Gasteiger partial charge in [-0.05, 0) is 40.2 Å². The average Bonchev–Trinajstić information content (AvgIpc) is 2.85. The smallest absolute Gasteiger partial charge is 0.422 e. The highest BCUT2D eigenvalue weighted by molar-refractivity contribution is 9.10. The number of aromatic nitrogens is 1. The zero-order valence-electron chi connectivity index (χ0n) is 13.9. The van der Waals surface area contributed by atoms with E-state index in [0.717, 1.165) is 10.9 Å². The van der Waals surface area contributed by atoms with E-state index >= 15 is 0 Å². The molecule has 0 unspecified atom stereocenters. The summed E-state index contributed by atoms with van der Waals surface area (Å²) in [4.78, 5) is 12.8. The van der Waals surface area contributed by atoms with Gasteiger partial charge in [0, 0.05) is 23.0 Å². The first-order chi connectivity index (χ1) is 12.7. The van der Waals surface area contributed by atoms with Gasteiger partial charge in [-0.3, -0.25) is 4.79 Å². The minimum Gasteiger partial charge on any atom is -0.482 e. The first kappa shape index (κ1) is 19.6. The number of alkyl halides is 3. The van der Waals surface area contributed by atoms with Crippen LogP contribution in [-0.4, -0.2) is 23.3 Å². The van der Waals surface area contributed by atoms with Crippen molar-refractivity contribution in [3.63, 3.8) is 0 Å². The second-order valence-electron chi connectivity index (χ2n) is 5.74. The lowest BCUT2D eigenvalue weighted by Crippen LogP contribution is -2.21. The molecule has 0 spiro atoms. The summed E-state index contributed by atoms with van der Waals surface area (Å²) in [5.74, 6) is -0.639. The van der Waals surface area contributed by atoms with E-state index in [2.05, 4.69) is 21.2 Å². The van der Waals surface area contributed by atoms with Gasteiger partial charge in [0.05, 0.1) is 10.2 Å². The number of hydrogen-bond acceptors (Lipinski definition) is 2. The standard InChI is InChI=1S/C18H13BrClF3N2O2/c1-25-13-5-3-2-4-11(13)15(19)16(25)17(26)24-12-8-10(20)6-7-14(12)27-9-18(21,22)23/h2-8H,9H2,1H3,(H,24,26). The first-order valence-corrected chi connectivity index (χ1v) is 8.88. The van der Waals surface area contributed by atoms with E-state index in [1.54, 1.807) is 11.6 Å². The van der Waals surface area contributed by atoms with Gasteiger partial charge >= 0.3 is 6.18 Å². The van der Waals surface area contributed by atoms with Crippen molar-refractivity contribution in [2.24, 2.45) is 7.05 Å². The van der Waals surface area contributed by atoms with Crippen molar-refractivity contribution in [2.75, 3.05) is 11.9 Å². The molecule has 1 heterocycles. The van der Waals surface area contributed by atoms with E-state index in [0.29, 0.717) is 10.2 Å². The third-order valence-corrected chi connectivity index (χ3v) is 4.88. The van der Waals surface area contributed by atoms with Gasteiger partial charge in [-0.25, -0.2) is 0 Å². The summed E-state index contributed by atoms with van der Waals surface area (Å²) in [5, 5.41) is 3.67. The van der Waals surface area contributed by atoms with Gasteiger partial charge in [-0.2, -0.15) is 13.2 Å². The van der Waals surface area contributed by atoms with Gasteiger partial charge in [-0.1, -0.05) is 29.8 Å². The molecule has 1 N–H and O–H groups in total. The number of anilines is 1. The van der Waals surface area contributed by atoms with Crippen molar-refractivity contribution in [3.8, 4) is 5.75 Å². The minimum absolute atomic E-state index is 0.0499. The predicted molar refractivity (Wildman–Crippen MR) is 102 cm³/mol. The van der Waals surface area contributed by atoms with Crippen LogP contribution in [0.25, 0.3) is 10.9 Å². The van der Waals surface area contributed by atoms with Crippen LogP contribution in [-0.2, 0) is 7.05 Å². The first-order valence-electron chi connectivity index (χ1n) is 7.71. The normalized spacial score (nSPS) is 11.6. The number of fused-ring (bicyclic) bond motifs is 1. The molecule has 27 heavy (non-hydrogen) atoms. The van der Waals surface area contributed by atoms with Crippen LogP contribution in [0.1, 0.15) is 10.5 Å². The number of nitrogens with one attached hydrogen (secondary N) is 1. The molecule has 4 nitrogen and oxygen atoms in total. The number of halogens is 5. The van der Waals surface area contributed by atoms with Crippen LogP contribution in [0.5, 0.6) is 5.75 Å². The van der Waals surface area contributed by atoms with Crippen LogP contribution in [0, 0.1) is 0 Å². The van der Waals surface area contributed by atoms with E-state index in [-0.39, 0.29) is 16.5 Å². The van der Waals surface area contributed by atoms with Gasteiger partial charge in [0.15, 0.2) is 6.61 Å². The quantitative estimate of drug-likeness (QED) is 0.535. The Bertz CT molecular complexity index is 979. The molecule has 0 aliphatic carbocycles. The highest BCUT2D eigenvalue weighted by Crippen LogP contribution is 2.33. The molecule has 2 aromatic carbocycles. The second-order valence-corrected chi connectivity index (χ2v) is 6.97. The molecule has 0 saturated heterocycles. The molecule has 0 saturated carbocycles. The summed E-state index contributed by atoms with van der Waals surface area (Å²) in [6.45, 7) is -1.48. The number of nitrogens with zero attached hydrogens (tertiary/aromatic N) is 1. The van der Waals surface area contributed by atoms with Crippen molar-refractivity contribution in [1.82, 2.24) is 4.57 Å². The van der Waals surface area contributed by atoms with Gasteiger partial charge in [0.1, 0.15) is 11.4 Å². The molecule has 0 aliphatic heterocycles. The Hall–Kier alpha value is -2.19. The van der Waals surface area contributed by atoms with Crippen LogP contribution in [0.2, 0.25) is 5.02 Å². The topological polar surface area (TPSA) is 43.3 Å². The number of para-hydroxylation sites is 1. The van der Waals surface area contributed by atoms with E-state index < -0.39 is 18.7 Å². The van der Waals surface area contributed by atoms with Crippen molar-refractivity contribution in [3.05, 3.63) is 57.7 Å². The van der Waals surface area contributed by atoms with Crippen LogP contribution in [0.4, 0.5) is 18.9 Å². The van der Waals surface area contributed by atoms with E-state index in [4.69, 9.17) is 16.3 Å². The molecule has 142 valence electrons. The monoisotopic (exact) mass is 460 g/mol. The van der Waals surface area contributed by atoms with Crippen LogP contribution in [0.3, 0.4) is 0 Å². The van der Waals surface area contributed by atoms with Crippen LogP contribution in [0.15, 0.2) is 46.9 Å². The molecule has 1 amide bonds. The zero-order valence-corrected chi connectivity index (χ0v) is 16.2. The molecule has 3 rings (SSSR count). The molecular weight excluding hydrogens is 449 g/mol. The minimum atomic E-state index is -4.50. The molecule has 9 heteroatoms. The molecule has 1 aromatic heterocycles. The predicted octanol–water partition coefficient (Wildman–Crippen LogP) is 5.79. The Balaban J connectivity index is 1.94. The van der Waals surface area contributed by atoms with Gasteiger partial charge in [0.25, 0.3) is 5.91 Å². The Morgan fingerprint density at radius 1 is 1.26 bits per heavy atom. The number of carbonyl (C=O) groups excluding carboxylic acids is 1. The molecule has 0 radical (unpaired) electrons. The number of amides is 1. The van der Waals surface area contributed by atoms with Crippen LogP contribution >= 0.6 is 27.5 Å².